The average Bonchev–Trinajstić information content (AvgIpc) is 3.19. The Hall–Kier alpha value is -2.71. The molecule has 1 aliphatic heterocycles. The lowest BCUT2D eigenvalue weighted by molar-refractivity contribution is -0.126. The highest BCUT2D eigenvalue weighted by molar-refractivity contribution is 7.89. The molecule has 0 aromatic heterocycles. The lowest BCUT2D eigenvalue weighted by atomic mass is 10.2. The predicted molar refractivity (Wildman–Crippen MR) is 111 cm³/mol. The summed E-state index contributed by atoms with van der Waals surface area (Å²) < 4.78 is 27.1. The Morgan fingerprint density at radius 2 is 1.59 bits per heavy atom. The third-order valence-corrected chi connectivity index (χ3v) is 6.81. The van der Waals surface area contributed by atoms with Gasteiger partial charge >= 0.3 is 0 Å². The second-order valence-corrected chi connectivity index (χ2v) is 9.11. The van der Waals surface area contributed by atoms with E-state index in [-0.39, 0.29) is 23.9 Å². The largest absolute Gasteiger partial charge is 0.346 e. The zero-order valence-corrected chi connectivity index (χ0v) is 17.3. The minimum atomic E-state index is -3.77. The second-order valence-electron chi connectivity index (χ2n) is 7.22. The van der Waals surface area contributed by atoms with Crippen LogP contribution in [0.4, 0.5) is 5.69 Å². The van der Waals surface area contributed by atoms with Crippen LogP contribution in [0, 0.1) is 13.8 Å². The van der Waals surface area contributed by atoms with Crippen LogP contribution < -0.4 is 10.6 Å². The van der Waals surface area contributed by atoms with E-state index in [1.54, 1.807) is 36.4 Å². The van der Waals surface area contributed by atoms with Crippen molar-refractivity contribution in [3.05, 3.63) is 59.7 Å². The van der Waals surface area contributed by atoms with Gasteiger partial charge in [0.15, 0.2) is 0 Å². The van der Waals surface area contributed by atoms with Gasteiger partial charge in [-0.2, -0.15) is 4.31 Å². The zero-order valence-electron chi connectivity index (χ0n) is 16.5. The van der Waals surface area contributed by atoms with Crippen LogP contribution in [0.3, 0.4) is 0 Å². The van der Waals surface area contributed by atoms with Crippen molar-refractivity contribution in [2.24, 2.45) is 0 Å². The van der Waals surface area contributed by atoms with Crippen molar-refractivity contribution >= 4 is 27.5 Å². The molecule has 1 unspecified atom stereocenters. The molecule has 154 valence electrons. The maximum atomic E-state index is 12.9. The number of carbonyl (C=O) groups is 2. The van der Waals surface area contributed by atoms with E-state index in [9.17, 15) is 18.0 Å². The smallest absolute Gasteiger partial charge is 0.243 e. The molecule has 0 saturated carbocycles. The minimum absolute atomic E-state index is 0.167. The molecule has 2 aromatic rings. The summed E-state index contributed by atoms with van der Waals surface area (Å²) >= 11 is 0. The number of carbonyl (C=O) groups excluding carboxylic acids is 2. The van der Waals surface area contributed by atoms with Crippen molar-refractivity contribution in [1.29, 1.82) is 0 Å². The summed E-state index contributed by atoms with van der Waals surface area (Å²) in [4.78, 5) is 24.8. The quantitative estimate of drug-likeness (QED) is 0.756. The number of anilines is 1. The van der Waals surface area contributed by atoms with E-state index in [0.29, 0.717) is 18.5 Å². The number of rotatable bonds is 6. The van der Waals surface area contributed by atoms with Crippen LogP contribution in [-0.2, 0) is 19.6 Å². The van der Waals surface area contributed by atoms with Gasteiger partial charge in [-0.15, -0.1) is 0 Å². The number of hydrogen-bond donors (Lipinski definition) is 2. The molecule has 2 aromatic carbocycles. The van der Waals surface area contributed by atoms with Gasteiger partial charge in [0.2, 0.25) is 21.8 Å². The summed E-state index contributed by atoms with van der Waals surface area (Å²) in [6.45, 7) is 3.89. The topological polar surface area (TPSA) is 95.6 Å². The zero-order chi connectivity index (χ0) is 21.0. The normalized spacial score (nSPS) is 17.1. The molecular weight excluding hydrogens is 390 g/mol. The van der Waals surface area contributed by atoms with Gasteiger partial charge in [-0.1, -0.05) is 35.4 Å². The molecule has 0 radical (unpaired) electrons. The Balaban J connectivity index is 1.61. The van der Waals surface area contributed by atoms with Crippen molar-refractivity contribution in [3.8, 4) is 0 Å². The van der Waals surface area contributed by atoms with E-state index in [4.69, 9.17) is 0 Å². The van der Waals surface area contributed by atoms with E-state index in [0.717, 1.165) is 11.1 Å². The maximum Gasteiger partial charge on any atom is 0.243 e. The van der Waals surface area contributed by atoms with Gasteiger partial charge in [-0.25, -0.2) is 8.42 Å². The number of hydrogen-bond acceptors (Lipinski definition) is 4. The Bertz CT molecular complexity index is 986. The molecule has 1 saturated heterocycles. The lowest BCUT2D eigenvalue weighted by Gasteiger charge is -2.23. The highest BCUT2D eigenvalue weighted by Crippen LogP contribution is 2.26. The summed E-state index contributed by atoms with van der Waals surface area (Å²) in [6, 6.07) is 13.1. The van der Waals surface area contributed by atoms with Gasteiger partial charge in [0.25, 0.3) is 0 Å². The fraction of sp³-hybridized carbons (Fsp3) is 0.333. The van der Waals surface area contributed by atoms with Gasteiger partial charge in [0, 0.05) is 12.2 Å². The van der Waals surface area contributed by atoms with Gasteiger partial charge in [0.1, 0.15) is 6.04 Å². The van der Waals surface area contributed by atoms with Crippen molar-refractivity contribution in [2.45, 2.75) is 37.6 Å². The van der Waals surface area contributed by atoms with Gasteiger partial charge in [-0.3, -0.25) is 9.59 Å². The van der Waals surface area contributed by atoms with Crippen LogP contribution in [0.15, 0.2) is 53.4 Å². The van der Waals surface area contributed by atoms with Crippen LogP contribution in [0.2, 0.25) is 0 Å². The van der Waals surface area contributed by atoms with Crippen LogP contribution in [0.5, 0.6) is 0 Å². The first-order valence-electron chi connectivity index (χ1n) is 9.50. The lowest BCUT2D eigenvalue weighted by Crippen LogP contribution is -2.47. The first kappa shape index (κ1) is 21.0. The molecule has 1 aliphatic rings. The number of amides is 2. The van der Waals surface area contributed by atoms with E-state index >= 15 is 0 Å². The monoisotopic (exact) mass is 415 g/mol. The molecule has 1 fully saturated rings. The van der Waals surface area contributed by atoms with Crippen LogP contribution in [0.1, 0.15) is 24.0 Å². The Morgan fingerprint density at radius 1 is 1.00 bits per heavy atom. The summed E-state index contributed by atoms with van der Waals surface area (Å²) in [7, 11) is -3.77. The molecule has 3 rings (SSSR count). The van der Waals surface area contributed by atoms with E-state index in [1.165, 1.54) is 4.31 Å². The minimum Gasteiger partial charge on any atom is -0.346 e. The van der Waals surface area contributed by atoms with Crippen LogP contribution in [0.25, 0.3) is 0 Å². The molecule has 8 heteroatoms. The summed E-state index contributed by atoms with van der Waals surface area (Å²) in [6.07, 6.45) is 1.02. The summed E-state index contributed by atoms with van der Waals surface area (Å²) in [5, 5.41) is 5.26. The van der Waals surface area contributed by atoms with Crippen molar-refractivity contribution in [1.82, 2.24) is 9.62 Å². The number of sulfonamides is 1. The third-order valence-electron chi connectivity index (χ3n) is 4.89. The molecule has 2 N–H and O–H groups in total. The van der Waals surface area contributed by atoms with Crippen molar-refractivity contribution in [3.63, 3.8) is 0 Å². The maximum absolute atomic E-state index is 12.9. The number of nitrogens with one attached hydrogen (secondary N) is 2. The van der Waals surface area contributed by atoms with Gasteiger partial charge in [0.05, 0.1) is 11.4 Å². The molecule has 7 nitrogen and oxygen atoms in total. The van der Waals surface area contributed by atoms with Crippen LogP contribution >= 0.6 is 0 Å². The fourth-order valence-electron chi connectivity index (χ4n) is 3.26. The standard InChI is InChI=1S/C21H25N3O4S/c1-15-5-9-17(10-6-15)23-20(25)14-22-21(26)19-4-3-13-24(19)29(27,28)18-11-7-16(2)8-12-18/h5-12,19H,3-4,13-14H2,1-2H3,(H,22,26)(H,23,25). The Labute approximate surface area is 171 Å². The second kappa shape index (κ2) is 8.75. The fourth-order valence-corrected chi connectivity index (χ4v) is 4.92. The molecule has 0 aliphatic carbocycles. The third kappa shape index (κ3) is 5.02. The van der Waals surface area contributed by atoms with E-state index in [1.807, 2.05) is 26.0 Å². The molecule has 1 heterocycles. The number of benzene rings is 2. The average molecular weight is 416 g/mol. The molecule has 1 atom stereocenters. The highest BCUT2D eigenvalue weighted by Gasteiger charge is 2.39. The van der Waals surface area contributed by atoms with E-state index in [2.05, 4.69) is 10.6 Å². The molecule has 0 bridgehead atoms. The number of nitrogens with zero attached hydrogens (tertiary/aromatic N) is 1. The van der Waals surface area contributed by atoms with Crippen LogP contribution in [-0.4, -0.2) is 43.7 Å². The SMILES string of the molecule is Cc1ccc(NC(=O)CNC(=O)C2CCCN2S(=O)(=O)c2ccc(C)cc2)cc1. The molecule has 0 spiro atoms. The Morgan fingerprint density at radius 3 is 2.21 bits per heavy atom. The first-order chi connectivity index (χ1) is 13.8. The predicted octanol–water partition coefficient (Wildman–Crippen LogP) is 2.21. The van der Waals surface area contributed by atoms with Crippen molar-refractivity contribution < 1.29 is 18.0 Å². The van der Waals surface area contributed by atoms with Crippen molar-refractivity contribution in [2.75, 3.05) is 18.4 Å². The first-order valence-corrected chi connectivity index (χ1v) is 10.9. The number of aryl methyl sites for hydroxylation is 2. The van der Waals surface area contributed by atoms with Gasteiger partial charge < -0.3 is 10.6 Å². The summed E-state index contributed by atoms with van der Waals surface area (Å²) in [5.41, 5.74) is 2.67. The molecule has 29 heavy (non-hydrogen) atoms. The van der Waals surface area contributed by atoms with Gasteiger partial charge in [-0.05, 0) is 51.0 Å². The summed E-state index contributed by atoms with van der Waals surface area (Å²) in [5.74, 6) is -0.828. The Kier molecular flexibility index (Phi) is 6.34. The molecule has 2 amide bonds. The highest BCUT2D eigenvalue weighted by atomic mass is 32.2. The molecular formula is C21H25N3O4S. The van der Waals surface area contributed by atoms with E-state index < -0.39 is 22.0 Å².